The number of H-pyrrole nitrogens is 1. The number of likely N-dealkylation sites (N-methyl/N-ethyl adjacent to an activating group) is 1. The zero-order valence-corrected chi connectivity index (χ0v) is 23.1. The highest BCUT2D eigenvalue weighted by atomic mass is 19.1. The molecule has 1 aromatic carbocycles. The monoisotopic (exact) mass is 552 g/mol. The maximum atomic E-state index is 13.7. The van der Waals surface area contributed by atoms with Crippen LogP contribution < -0.4 is 10.1 Å². The molecular weight excluding hydrogens is 515 g/mol. The third kappa shape index (κ3) is 7.41. The molecule has 2 aliphatic rings. The fourth-order valence-electron chi connectivity index (χ4n) is 4.93. The quantitative estimate of drug-likeness (QED) is 0.392. The standard InChI is InChI=1S/C29H37FN6O4/c1-36(2)14-15-38-29-31-13-12-23(33-29)27-26(19-8-10-21(30)11-9-19)34-24(35-27)16-25-39-17-20(18-40-25)28(37)32-22-6-4-3-5-7-22/h8-13,20,22,25H,3-7,14-18H2,1-2H3,(H,32,37)(H,34,35). The van der Waals surface area contributed by atoms with Gasteiger partial charge in [-0.05, 0) is 57.3 Å². The van der Waals surface area contributed by atoms with Gasteiger partial charge in [-0.1, -0.05) is 19.3 Å². The molecule has 1 saturated carbocycles. The van der Waals surface area contributed by atoms with Gasteiger partial charge in [0.25, 0.3) is 0 Å². The van der Waals surface area contributed by atoms with Crippen LogP contribution >= 0.6 is 0 Å². The van der Waals surface area contributed by atoms with Crippen LogP contribution in [0.3, 0.4) is 0 Å². The molecule has 214 valence electrons. The summed E-state index contributed by atoms with van der Waals surface area (Å²) in [6.45, 7) is 1.76. The first-order valence-corrected chi connectivity index (χ1v) is 13.9. The van der Waals surface area contributed by atoms with Gasteiger partial charge in [0.2, 0.25) is 5.91 Å². The summed E-state index contributed by atoms with van der Waals surface area (Å²) < 4.78 is 31.2. The molecule has 0 atom stereocenters. The van der Waals surface area contributed by atoms with Gasteiger partial charge in [0.15, 0.2) is 6.29 Å². The van der Waals surface area contributed by atoms with Crippen molar-refractivity contribution in [3.63, 3.8) is 0 Å². The molecule has 3 aromatic rings. The van der Waals surface area contributed by atoms with Gasteiger partial charge in [-0.3, -0.25) is 4.79 Å². The molecule has 11 heteroatoms. The summed E-state index contributed by atoms with van der Waals surface area (Å²) in [5.74, 6) is -0.0347. The summed E-state index contributed by atoms with van der Waals surface area (Å²) in [4.78, 5) is 31.7. The molecule has 1 amide bonds. The number of carbonyl (C=O) groups excluding carboxylic acids is 1. The number of aromatic nitrogens is 4. The van der Waals surface area contributed by atoms with Crippen LogP contribution in [0.25, 0.3) is 22.6 Å². The third-order valence-electron chi connectivity index (χ3n) is 7.18. The maximum absolute atomic E-state index is 13.7. The minimum atomic E-state index is -0.547. The lowest BCUT2D eigenvalue weighted by molar-refractivity contribution is -0.201. The van der Waals surface area contributed by atoms with E-state index in [-0.39, 0.29) is 29.7 Å². The first kappa shape index (κ1) is 28.1. The lowest BCUT2D eigenvalue weighted by atomic mass is 9.95. The predicted octanol–water partition coefficient (Wildman–Crippen LogP) is 3.59. The van der Waals surface area contributed by atoms with Crippen molar-refractivity contribution in [2.24, 2.45) is 5.92 Å². The number of ether oxygens (including phenoxy) is 3. The van der Waals surface area contributed by atoms with E-state index in [4.69, 9.17) is 19.2 Å². The largest absolute Gasteiger partial charge is 0.462 e. The highest BCUT2D eigenvalue weighted by Crippen LogP contribution is 2.31. The number of aromatic amines is 1. The lowest BCUT2D eigenvalue weighted by Gasteiger charge is -2.30. The van der Waals surface area contributed by atoms with Crippen LogP contribution in [0.15, 0.2) is 36.5 Å². The van der Waals surface area contributed by atoms with E-state index in [9.17, 15) is 9.18 Å². The average molecular weight is 553 g/mol. The molecule has 1 aliphatic carbocycles. The number of hydrogen-bond donors (Lipinski definition) is 2. The number of imidazole rings is 1. The topological polar surface area (TPSA) is 114 Å². The first-order valence-electron chi connectivity index (χ1n) is 13.9. The number of nitrogens with one attached hydrogen (secondary N) is 2. The molecule has 0 radical (unpaired) electrons. The van der Waals surface area contributed by atoms with Crippen molar-refractivity contribution in [2.75, 3.05) is 40.5 Å². The molecular formula is C29H37FN6O4. The number of carbonyl (C=O) groups is 1. The average Bonchev–Trinajstić information content (AvgIpc) is 3.38. The summed E-state index contributed by atoms with van der Waals surface area (Å²) in [6.07, 6.45) is 7.08. The second-order valence-electron chi connectivity index (χ2n) is 10.6. The molecule has 0 bridgehead atoms. The Labute approximate surface area is 233 Å². The Morgan fingerprint density at radius 1 is 1.10 bits per heavy atom. The molecule has 5 rings (SSSR count). The van der Waals surface area contributed by atoms with Gasteiger partial charge in [0.05, 0.1) is 42.6 Å². The zero-order valence-electron chi connectivity index (χ0n) is 23.1. The van der Waals surface area contributed by atoms with Gasteiger partial charge in [0, 0.05) is 24.3 Å². The molecule has 1 aliphatic heterocycles. The van der Waals surface area contributed by atoms with Crippen molar-refractivity contribution >= 4 is 5.91 Å². The van der Waals surface area contributed by atoms with Crippen molar-refractivity contribution in [3.05, 3.63) is 48.2 Å². The molecule has 3 heterocycles. The number of halogens is 1. The summed E-state index contributed by atoms with van der Waals surface area (Å²) in [6, 6.07) is 8.44. The fourth-order valence-corrected chi connectivity index (χ4v) is 4.93. The maximum Gasteiger partial charge on any atom is 0.316 e. The minimum Gasteiger partial charge on any atom is -0.462 e. The van der Waals surface area contributed by atoms with Gasteiger partial charge in [-0.25, -0.2) is 14.4 Å². The molecule has 2 aromatic heterocycles. The van der Waals surface area contributed by atoms with E-state index in [0.717, 1.165) is 37.8 Å². The van der Waals surface area contributed by atoms with E-state index in [1.165, 1.54) is 18.6 Å². The van der Waals surface area contributed by atoms with Crippen LogP contribution in [0.1, 0.15) is 37.9 Å². The van der Waals surface area contributed by atoms with Crippen molar-refractivity contribution in [1.29, 1.82) is 0 Å². The molecule has 2 N–H and O–H groups in total. The highest BCUT2D eigenvalue weighted by Gasteiger charge is 2.30. The highest BCUT2D eigenvalue weighted by molar-refractivity contribution is 5.79. The second kappa shape index (κ2) is 13.3. The Morgan fingerprint density at radius 3 is 2.58 bits per heavy atom. The van der Waals surface area contributed by atoms with Crippen LogP contribution in [0.4, 0.5) is 4.39 Å². The van der Waals surface area contributed by atoms with E-state index >= 15 is 0 Å². The SMILES string of the molecule is CN(C)CCOc1nccc(-c2[nH]c(CC3OCC(C(=O)NC4CCCCC4)CO3)nc2-c2ccc(F)cc2)n1. The van der Waals surface area contributed by atoms with Gasteiger partial charge in [0.1, 0.15) is 18.2 Å². The van der Waals surface area contributed by atoms with E-state index in [1.807, 2.05) is 19.0 Å². The van der Waals surface area contributed by atoms with Gasteiger partial charge in [-0.2, -0.15) is 4.98 Å². The molecule has 1 saturated heterocycles. The number of rotatable bonds is 10. The second-order valence-corrected chi connectivity index (χ2v) is 10.6. The molecule has 40 heavy (non-hydrogen) atoms. The van der Waals surface area contributed by atoms with Gasteiger partial charge in [-0.15, -0.1) is 0 Å². The summed E-state index contributed by atoms with van der Waals surface area (Å²) in [5, 5.41) is 3.16. The van der Waals surface area contributed by atoms with Gasteiger partial charge < -0.3 is 29.4 Å². The van der Waals surface area contributed by atoms with Gasteiger partial charge >= 0.3 is 6.01 Å². The van der Waals surface area contributed by atoms with Crippen molar-refractivity contribution in [3.8, 4) is 28.7 Å². The number of hydrogen-bond acceptors (Lipinski definition) is 8. The summed E-state index contributed by atoms with van der Waals surface area (Å²) >= 11 is 0. The van der Waals surface area contributed by atoms with Crippen LogP contribution in [-0.4, -0.2) is 83.5 Å². The predicted molar refractivity (Wildman–Crippen MR) is 147 cm³/mol. The lowest BCUT2D eigenvalue weighted by Crippen LogP contribution is -2.46. The molecule has 2 fully saturated rings. The van der Waals surface area contributed by atoms with Crippen LogP contribution in [0.5, 0.6) is 6.01 Å². The first-order chi connectivity index (χ1) is 19.4. The smallest absolute Gasteiger partial charge is 0.316 e. The normalized spacial score (nSPS) is 20.0. The summed E-state index contributed by atoms with van der Waals surface area (Å²) in [5.41, 5.74) is 2.60. The Morgan fingerprint density at radius 2 is 1.85 bits per heavy atom. The van der Waals surface area contributed by atoms with E-state index in [2.05, 4.69) is 20.3 Å². The summed E-state index contributed by atoms with van der Waals surface area (Å²) in [7, 11) is 3.93. The molecule has 0 unspecified atom stereocenters. The molecule has 10 nitrogen and oxygen atoms in total. The number of nitrogens with zero attached hydrogens (tertiary/aromatic N) is 4. The van der Waals surface area contributed by atoms with Crippen LogP contribution in [-0.2, 0) is 20.7 Å². The van der Waals surface area contributed by atoms with Crippen molar-refractivity contribution in [1.82, 2.24) is 30.2 Å². The third-order valence-corrected chi connectivity index (χ3v) is 7.18. The Bertz CT molecular complexity index is 1250. The Balaban J connectivity index is 1.27. The zero-order chi connectivity index (χ0) is 27.9. The van der Waals surface area contributed by atoms with Crippen molar-refractivity contribution in [2.45, 2.75) is 50.9 Å². The van der Waals surface area contributed by atoms with Crippen molar-refractivity contribution < 1.29 is 23.4 Å². The number of benzene rings is 1. The van der Waals surface area contributed by atoms with Crippen LogP contribution in [0.2, 0.25) is 0 Å². The van der Waals surface area contributed by atoms with E-state index in [0.29, 0.717) is 49.1 Å². The van der Waals surface area contributed by atoms with E-state index < -0.39 is 6.29 Å². The number of amides is 1. The van der Waals surface area contributed by atoms with Crippen LogP contribution in [0, 0.1) is 11.7 Å². The Kier molecular flexibility index (Phi) is 9.35. The Hall–Kier alpha value is -3.41. The minimum absolute atomic E-state index is 0.00315. The van der Waals surface area contributed by atoms with E-state index in [1.54, 1.807) is 24.4 Å². The molecule has 0 spiro atoms. The fraction of sp³-hybridized carbons (Fsp3) is 0.517.